The second kappa shape index (κ2) is 11.3. The molecule has 2 aromatic carbocycles. The third-order valence-corrected chi connectivity index (χ3v) is 6.41. The molecule has 1 aromatic heterocycles. The van der Waals surface area contributed by atoms with Crippen LogP contribution in [0.3, 0.4) is 0 Å². The van der Waals surface area contributed by atoms with E-state index in [1.54, 1.807) is 0 Å². The standard InChI is InChI=1S/C25H34N4O2S/c1-6-28(7-2)20-12-10-19(11-13-20)24(30)29(17-9-16-27(4)5)25-26-22-15-14-21(31-8-3)18-23(22)32-25/h10-15,18H,6-9,16-17H2,1-5H3. The van der Waals surface area contributed by atoms with E-state index in [1.807, 2.05) is 68.4 Å². The predicted molar refractivity (Wildman–Crippen MR) is 136 cm³/mol. The fourth-order valence-electron chi connectivity index (χ4n) is 3.65. The Balaban J connectivity index is 1.89. The minimum Gasteiger partial charge on any atom is -0.494 e. The molecule has 0 saturated heterocycles. The Labute approximate surface area is 195 Å². The van der Waals surface area contributed by atoms with Crippen LogP contribution in [0.25, 0.3) is 10.2 Å². The van der Waals surface area contributed by atoms with Crippen molar-refractivity contribution in [3.63, 3.8) is 0 Å². The van der Waals surface area contributed by atoms with Gasteiger partial charge in [0.05, 0.1) is 16.8 Å². The van der Waals surface area contributed by atoms with Crippen LogP contribution in [0.1, 0.15) is 37.6 Å². The summed E-state index contributed by atoms with van der Waals surface area (Å²) in [5.41, 5.74) is 2.70. The fraction of sp³-hybridized carbons (Fsp3) is 0.440. The summed E-state index contributed by atoms with van der Waals surface area (Å²) in [7, 11) is 4.09. The maximum atomic E-state index is 13.5. The molecule has 0 aliphatic carbocycles. The number of rotatable bonds is 11. The first-order valence-electron chi connectivity index (χ1n) is 11.3. The van der Waals surface area contributed by atoms with Crippen molar-refractivity contribution in [2.45, 2.75) is 27.2 Å². The van der Waals surface area contributed by atoms with Crippen LogP contribution in [0.15, 0.2) is 42.5 Å². The molecule has 7 heteroatoms. The molecule has 0 N–H and O–H groups in total. The van der Waals surface area contributed by atoms with Gasteiger partial charge in [0.1, 0.15) is 5.75 Å². The molecule has 3 rings (SSSR count). The molecular weight excluding hydrogens is 420 g/mol. The Morgan fingerprint density at radius 1 is 1.00 bits per heavy atom. The van der Waals surface area contributed by atoms with Crippen molar-refractivity contribution in [1.82, 2.24) is 9.88 Å². The van der Waals surface area contributed by atoms with Crippen molar-refractivity contribution in [3.05, 3.63) is 48.0 Å². The minimum atomic E-state index is -0.0149. The van der Waals surface area contributed by atoms with Gasteiger partial charge in [0.2, 0.25) is 0 Å². The van der Waals surface area contributed by atoms with Crippen LogP contribution in [-0.2, 0) is 0 Å². The number of carbonyl (C=O) groups excluding carboxylic acids is 1. The normalized spacial score (nSPS) is 11.2. The summed E-state index contributed by atoms with van der Waals surface area (Å²) in [6.45, 7) is 10.3. The van der Waals surface area contributed by atoms with E-state index in [1.165, 1.54) is 11.3 Å². The highest BCUT2D eigenvalue weighted by atomic mass is 32.1. The molecule has 0 fully saturated rings. The first-order valence-corrected chi connectivity index (χ1v) is 12.1. The summed E-state index contributed by atoms with van der Waals surface area (Å²) in [6, 6.07) is 13.8. The number of thiazole rings is 1. The van der Waals surface area contributed by atoms with E-state index in [2.05, 4.69) is 23.6 Å². The lowest BCUT2D eigenvalue weighted by Gasteiger charge is -2.23. The van der Waals surface area contributed by atoms with Crippen molar-refractivity contribution >= 4 is 38.3 Å². The lowest BCUT2D eigenvalue weighted by Crippen LogP contribution is -2.33. The second-order valence-electron chi connectivity index (χ2n) is 7.89. The molecule has 1 heterocycles. The van der Waals surface area contributed by atoms with E-state index < -0.39 is 0 Å². The summed E-state index contributed by atoms with van der Waals surface area (Å²) < 4.78 is 6.65. The molecule has 0 aliphatic rings. The Hall–Kier alpha value is -2.64. The predicted octanol–water partition coefficient (Wildman–Crippen LogP) is 5.14. The molecule has 0 spiro atoms. The highest BCUT2D eigenvalue weighted by molar-refractivity contribution is 7.22. The second-order valence-corrected chi connectivity index (χ2v) is 8.90. The lowest BCUT2D eigenvalue weighted by molar-refractivity contribution is 0.0986. The number of benzene rings is 2. The number of fused-ring (bicyclic) bond motifs is 1. The van der Waals surface area contributed by atoms with E-state index >= 15 is 0 Å². The van der Waals surface area contributed by atoms with Crippen LogP contribution in [0.4, 0.5) is 10.8 Å². The average Bonchev–Trinajstić information content (AvgIpc) is 3.20. The first-order chi connectivity index (χ1) is 15.5. The number of anilines is 2. The van der Waals surface area contributed by atoms with E-state index in [0.29, 0.717) is 18.7 Å². The van der Waals surface area contributed by atoms with Gasteiger partial charge in [0.15, 0.2) is 5.13 Å². The van der Waals surface area contributed by atoms with Crippen LogP contribution >= 0.6 is 11.3 Å². The highest BCUT2D eigenvalue weighted by Crippen LogP contribution is 2.32. The zero-order valence-electron chi connectivity index (χ0n) is 19.8. The zero-order valence-corrected chi connectivity index (χ0v) is 20.6. The monoisotopic (exact) mass is 454 g/mol. The Morgan fingerprint density at radius 3 is 2.34 bits per heavy atom. The van der Waals surface area contributed by atoms with Gasteiger partial charge in [-0.15, -0.1) is 0 Å². The summed E-state index contributed by atoms with van der Waals surface area (Å²) in [5, 5.41) is 0.727. The molecule has 1 amide bonds. The molecule has 0 bridgehead atoms. The number of hydrogen-bond donors (Lipinski definition) is 0. The molecule has 0 radical (unpaired) electrons. The van der Waals surface area contributed by atoms with Gasteiger partial charge in [0, 0.05) is 30.9 Å². The van der Waals surface area contributed by atoms with Gasteiger partial charge in [-0.05, 0) is 90.3 Å². The Bertz CT molecular complexity index is 1010. The van der Waals surface area contributed by atoms with Crippen LogP contribution in [0, 0.1) is 0 Å². The molecule has 3 aromatic rings. The van der Waals surface area contributed by atoms with Crippen molar-refractivity contribution in [1.29, 1.82) is 0 Å². The van der Waals surface area contributed by atoms with Crippen molar-refractivity contribution in [2.75, 3.05) is 56.7 Å². The maximum Gasteiger partial charge on any atom is 0.260 e. The lowest BCUT2D eigenvalue weighted by atomic mass is 10.1. The SMILES string of the molecule is CCOc1ccc2nc(N(CCCN(C)C)C(=O)c3ccc(N(CC)CC)cc3)sc2c1. The van der Waals surface area contributed by atoms with Crippen LogP contribution in [0.5, 0.6) is 5.75 Å². The number of carbonyl (C=O) groups is 1. The molecule has 32 heavy (non-hydrogen) atoms. The van der Waals surface area contributed by atoms with Gasteiger partial charge in [-0.3, -0.25) is 9.69 Å². The zero-order chi connectivity index (χ0) is 23.1. The van der Waals surface area contributed by atoms with Crippen molar-refractivity contribution in [3.8, 4) is 5.75 Å². The third kappa shape index (κ3) is 5.78. The van der Waals surface area contributed by atoms with Crippen molar-refractivity contribution in [2.24, 2.45) is 0 Å². The summed E-state index contributed by atoms with van der Waals surface area (Å²) in [4.78, 5) is 24.5. The average molecular weight is 455 g/mol. The van der Waals surface area contributed by atoms with E-state index in [-0.39, 0.29) is 5.91 Å². The van der Waals surface area contributed by atoms with Gasteiger partial charge in [-0.25, -0.2) is 4.98 Å². The fourth-order valence-corrected chi connectivity index (χ4v) is 4.67. The number of nitrogens with zero attached hydrogens (tertiary/aromatic N) is 4. The molecule has 0 aliphatic heterocycles. The third-order valence-electron chi connectivity index (χ3n) is 5.37. The topological polar surface area (TPSA) is 48.9 Å². The Kier molecular flexibility index (Phi) is 8.47. The van der Waals surface area contributed by atoms with Crippen molar-refractivity contribution < 1.29 is 9.53 Å². The van der Waals surface area contributed by atoms with Gasteiger partial charge in [-0.2, -0.15) is 0 Å². The van der Waals surface area contributed by atoms with E-state index in [0.717, 1.165) is 52.8 Å². The van der Waals surface area contributed by atoms with Gasteiger partial charge < -0.3 is 14.5 Å². The number of hydrogen-bond acceptors (Lipinski definition) is 6. The summed E-state index contributed by atoms with van der Waals surface area (Å²) in [6.07, 6.45) is 0.871. The number of aromatic nitrogens is 1. The Morgan fingerprint density at radius 2 is 1.72 bits per heavy atom. The van der Waals surface area contributed by atoms with Gasteiger partial charge in [-0.1, -0.05) is 11.3 Å². The molecular formula is C25H34N4O2S. The van der Waals surface area contributed by atoms with Crippen LogP contribution < -0.4 is 14.5 Å². The van der Waals surface area contributed by atoms with Crippen LogP contribution in [-0.4, -0.2) is 62.7 Å². The summed E-state index contributed by atoms with van der Waals surface area (Å²) in [5.74, 6) is 0.812. The number of amides is 1. The molecule has 0 atom stereocenters. The smallest absolute Gasteiger partial charge is 0.260 e. The summed E-state index contributed by atoms with van der Waals surface area (Å²) >= 11 is 1.53. The van der Waals surface area contributed by atoms with Gasteiger partial charge >= 0.3 is 0 Å². The molecule has 0 saturated carbocycles. The van der Waals surface area contributed by atoms with E-state index in [9.17, 15) is 4.79 Å². The van der Waals surface area contributed by atoms with Gasteiger partial charge in [0.25, 0.3) is 5.91 Å². The highest BCUT2D eigenvalue weighted by Gasteiger charge is 2.21. The first kappa shape index (κ1) is 24.0. The molecule has 6 nitrogen and oxygen atoms in total. The van der Waals surface area contributed by atoms with Crippen LogP contribution in [0.2, 0.25) is 0 Å². The quantitative estimate of drug-likeness (QED) is 0.401. The number of ether oxygens (including phenoxy) is 1. The molecule has 172 valence electrons. The van der Waals surface area contributed by atoms with E-state index in [4.69, 9.17) is 9.72 Å². The molecule has 0 unspecified atom stereocenters. The maximum absolute atomic E-state index is 13.5. The minimum absolute atomic E-state index is 0.0149. The largest absolute Gasteiger partial charge is 0.494 e.